The zero-order valence-electron chi connectivity index (χ0n) is 14.0. The van der Waals surface area contributed by atoms with E-state index in [-0.39, 0.29) is 17.6 Å². The Balaban J connectivity index is 1.82. The lowest BCUT2D eigenvalue weighted by molar-refractivity contribution is -0.130. The molecule has 0 radical (unpaired) electrons. The van der Waals surface area contributed by atoms with E-state index in [1.54, 1.807) is 6.08 Å². The summed E-state index contributed by atoms with van der Waals surface area (Å²) >= 11 is 2.19. The molecule has 2 aliphatic heterocycles. The summed E-state index contributed by atoms with van der Waals surface area (Å²) in [5, 5.41) is 0. The van der Waals surface area contributed by atoms with E-state index in [1.807, 2.05) is 41.3 Å². The minimum absolute atomic E-state index is 0.0450. The zero-order valence-corrected chi connectivity index (χ0v) is 16.1. The van der Waals surface area contributed by atoms with Crippen molar-refractivity contribution < 1.29 is 9.59 Å². The van der Waals surface area contributed by atoms with Crippen LogP contribution >= 0.6 is 22.6 Å². The van der Waals surface area contributed by atoms with Gasteiger partial charge in [-0.2, -0.15) is 0 Å². The number of benzene rings is 2. The Morgan fingerprint density at radius 1 is 1.00 bits per heavy atom. The fourth-order valence-corrected chi connectivity index (χ4v) is 5.74. The normalized spacial score (nSPS) is 26.7. The van der Waals surface area contributed by atoms with E-state index >= 15 is 0 Å². The van der Waals surface area contributed by atoms with E-state index < -0.39 is 5.54 Å². The Hall–Kier alpha value is -2.21. The predicted octanol–water partition coefficient (Wildman–Crippen LogP) is 4.24. The number of amides is 1. The van der Waals surface area contributed by atoms with Crippen LogP contribution in [-0.2, 0) is 16.1 Å². The van der Waals surface area contributed by atoms with Crippen LogP contribution < -0.4 is 0 Å². The Bertz CT molecular complexity index is 1010. The smallest absolute Gasteiger partial charge is 0.261 e. The summed E-state index contributed by atoms with van der Waals surface area (Å²) in [7, 11) is 0. The number of carbonyl (C=O) groups is 2. The number of ketones is 1. The molecule has 0 saturated heterocycles. The lowest BCUT2D eigenvalue weighted by atomic mass is 9.65. The molecule has 0 saturated carbocycles. The van der Waals surface area contributed by atoms with Crippen LogP contribution in [0.2, 0.25) is 0 Å². The molecule has 2 heterocycles. The van der Waals surface area contributed by atoms with Crippen molar-refractivity contribution in [2.24, 2.45) is 0 Å². The summed E-state index contributed by atoms with van der Waals surface area (Å²) in [5.41, 5.74) is 3.84. The van der Waals surface area contributed by atoms with Gasteiger partial charge in [0.15, 0.2) is 5.78 Å². The van der Waals surface area contributed by atoms with Crippen molar-refractivity contribution in [3.63, 3.8) is 0 Å². The molecule has 1 aliphatic carbocycles. The van der Waals surface area contributed by atoms with Crippen LogP contribution in [0.4, 0.5) is 0 Å². The first-order chi connectivity index (χ1) is 12.6. The van der Waals surface area contributed by atoms with Crippen molar-refractivity contribution >= 4 is 39.9 Å². The summed E-state index contributed by atoms with van der Waals surface area (Å²) < 4.78 is 0.755. The highest BCUT2D eigenvalue weighted by atomic mass is 127. The average molecular weight is 453 g/mol. The molecule has 1 amide bonds. The second-order valence-corrected chi connectivity index (χ2v) is 8.11. The molecule has 0 aromatic heterocycles. The first-order valence-electron chi connectivity index (χ1n) is 8.70. The van der Waals surface area contributed by atoms with Gasteiger partial charge in [-0.15, -0.1) is 0 Å². The third kappa shape index (κ3) is 1.99. The number of allylic oxidation sites excluding steroid dienone is 1. The van der Waals surface area contributed by atoms with Gasteiger partial charge < -0.3 is 4.90 Å². The third-order valence-corrected chi connectivity index (χ3v) is 6.78. The van der Waals surface area contributed by atoms with Gasteiger partial charge in [0.05, 0.1) is 9.12 Å². The number of hydrogen-bond acceptors (Lipinski definition) is 2. The summed E-state index contributed by atoms with van der Waals surface area (Å²) in [6.45, 7) is 0.576. The molecular weight excluding hydrogens is 437 g/mol. The molecule has 3 nitrogen and oxygen atoms in total. The third-order valence-electron chi connectivity index (χ3n) is 5.78. The van der Waals surface area contributed by atoms with E-state index in [9.17, 15) is 9.59 Å². The Kier molecular flexibility index (Phi) is 3.47. The molecule has 5 rings (SSSR count). The van der Waals surface area contributed by atoms with E-state index in [0.29, 0.717) is 13.0 Å². The van der Waals surface area contributed by atoms with Gasteiger partial charge in [0.1, 0.15) is 0 Å². The molecule has 0 fully saturated rings. The standard InChI is InChI=1S/C22H16INO2/c23-20-19(14-6-2-1-3-7-14)22-11-10-16(25)12-18(22)17-9-5-4-8-15(17)13-24(22)21(20)26/h1-11,18H,12-13H2. The Labute approximate surface area is 165 Å². The quantitative estimate of drug-likeness (QED) is 0.606. The number of carbonyl (C=O) groups excluding carboxylic acids is 2. The average Bonchev–Trinajstić information content (AvgIpc) is 2.88. The Morgan fingerprint density at radius 3 is 2.54 bits per heavy atom. The van der Waals surface area contributed by atoms with Crippen LogP contribution in [0.3, 0.4) is 0 Å². The van der Waals surface area contributed by atoms with Crippen molar-refractivity contribution in [1.82, 2.24) is 4.90 Å². The van der Waals surface area contributed by atoms with Gasteiger partial charge >= 0.3 is 0 Å². The van der Waals surface area contributed by atoms with E-state index in [4.69, 9.17) is 0 Å². The van der Waals surface area contributed by atoms with Gasteiger partial charge in [0, 0.05) is 24.5 Å². The monoisotopic (exact) mass is 453 g/mol. The lowest BCUT2D eigenvalue weighted by Crippen LogP contribution is -2.55. The maximum Gasteiger partial charge on any atom is 0.261 e. The molecule has 1 spiro atoms. The maximum atomic E-state index is 13.2. The van der Waals surface area contributed by atoms with Gasteiger partial charge in [-0.3, -0.25) is 9.59 Å². The highest BCUT2D eigenvalue weighted by Crippen LogP contribution is 2.57. The number of fused-ring (bicyclic) bond motifs is 2. The molecule has 3 aliphatic rings. The van der Waals surface area contributed by atoms with Gasteiger partial charge in [-0.05, 0) is 45.4 Å². The maximum absolute atomic E-state index is 13.2. The number of hydrogen-bond donors (Lipinski definition) is 0. The lowest BCUT2D eigenvalue weighted by Gasteiger charge is -2.50. The van der Waals surface area contributed by atoms with Gasteiger partial charge in [0.2, 0.25) is 0 Å². The fraction of sp³-hybridized carbons (Fsp3) is 0.182. The zero-order chi connectivity index (χ0) is 17.9. The summed E-state index contributed by atoms with van der Waals surface area (Å²) in [5.74, 6) is 0.137. The minimum atomic E-state index is -0.572. The van der Waals surface area contributed by atoms with Crippen molar-refractivity contribution in [3.8, 4) is 0 Å². The van der Waals surface area contributed by atoms with E-state index in [1.165, 1.54) is 5.56 Å². The van der Waals surface area contributed by atoms with Crippen LogP contribution in [0.1, 0.15) is 29.0 Å². The van der Waals surface area contributed by atoms with Crippen LogP contribution in [0, 0.1) is 0 Å². The minimum Gasteiger partial charge on any atom is -0.320 e. The van der Waals surface area contributed by atoms with Gasteiger partial charge in [-0.1, -0.05) is 60.7 Å². The molecule has 2 atom stereocenters. The molecule has 2 aromatic carbocycles. The summed E-state index contributed by atoms with van der Waals surface area (Å²) in [6, 6.07) is 18.3. The molecule has 26 heavy (non-hydrogen) atoms. The topological polar surface area (TPSA) is 37.4 Å². The highest BCUT2D eigenvalue weighted by Gasteiger charge is 2.58. The SMILES string of the molecule is O=C1C=CC23C(c4ccccc4)=C(I)C(=O)N2Cc2ccccc2C3C1. The van der Waals surface area contributed by atoms with Crippen LogP contribution in [0.15, 0.2) is 70.3 Å². The van der Waals surface area contributed by atoms with E-state index in [0.717, 1.165) is 20.3 Å². The van der Waals surface area contributed by atoms with Gasteiger partial charge in [0.25, 0.3) is 5.91 Å². The van der Waals surface area contributed by atoms with Crippen LogP contribution in [-0.4, -0.2) is 22.1 Å². The molecule has 2 unspecified atom stereocenters. The van der Waals surface area contributed by atoms with Crippen molar-refractivity contribution in [2.75, 3.05) is 0 Å². The highest BCUT2D eigenvalue weighted by molar-refractivity contribution is 14.1. The second-order valence-electron chi connectivity index (χ2n) is 7.03. The molecule has 0 N–H and O–H groups in total. The van der Waals surface area contributed by atoms with Gasteiger partial charge in [-0.25, -0.2) is 0 Å². The first-order valence-corrected chi connectivity index (χ1v) is 9.78. The van der Waals surface area contributed by atoms with Crippen LogP contribution in [0.25, 0.3) is 5.57 Å². The van der Waals surface area contributed by atoms with Crippen molar-refractivity contribution in [1.29, 1.82) is 0 Å². The molecular formula is C22H16INO2. The number of rotatable bonds is 1. The number of nitrogens with zero attached hydrogens (tertiary/aromatic N) is 1. The Morgan fingerprint density at radius 2 is 1.73 bits per heavy atom. The molecule has 128 valence electrons. The van der Waals surface area contributed by atoms with Crippen molar-refractivity contribution in [2.45, 2.75) is 24.4 Å². The fourth-order valence-electron chi connectivity index (χ4n) is 4.70. The largest absolute Gasteiger partial charge is 0.320 e. The second kappa shape index (κ2) is 5.64. The molecule has 2 aromatic rings. The van der Waals surface area contributed by atoms with E-state index in [2.05, 4.69) is 46.9 Å². The summed E-state index contributed by atoms with van der Waals surface area (Å²) in [4.78, 5) is 27.5. The first kappa shape index (κ1) is 16.0. The molecule has 0 bridgehead atoms. The molecule has 4 heteroatoms. The predicted molar refractivity (Wildman–Crippen MR) is 109 cm³/mol. The summed E-state index contributed by atoms with van der Waals surface area (Å²) in [6.07, 6.45) is 4.08. The van der Waals surface area contributed by atoms with Crippen LogP contribution in [0.5, 0.6) is 0 Å². The number of halogens is 1. The van der Waals surface area contributed by atoms with Crippen molar-refractivity contribution in [3.05, 3.63) is 87.0 Å².